The molecule has 0 atom stereocenters. The number of hydrogen-bond donors (Lipinski definition) is 1. The number of benzene rings is 1. The molecule has 1 aromatic carbocycles. The third kappa shape index (κ3) is 4.34. The van der Waals surface area contributed by atoms with Gasteiger partial charge in [0.25, 0.3) is 0 Å². The molecule has 3 heterocycles. The van der Waals surface area contributed by atoms with E-state index >= 15 is 0 Å². The van der Waals surface area contributed by atoms with Gasteiger partial charge in [0.2, 0.25) is 0 Å². The molecule has 1 fully saturated rings. The van der Waals surface area contributed by atoms with Gasteiger partial charge in [0.05, 0.1) is 18.1 Å². The largest absolute Gasteiger partial charge is 0.368 e. The van der Waals surface area contributed by atoms with Crippen LogP contribution in [-0.4, -0.2) is 50.8 Å². The van der Waals surface area contributed by atoms with Crippen LogP contribution in [0, 0.1) is 0 Å². The van der Waals surface area contributed by atoms with Crippen LogP contribution in [0.5, 0.6) is 0 Å². The van der Waals surface area contributed by atoms with E-state index < -0.39 is 0 Å². The quantitative estimate of drug-likeness (QED) is 0.670. The predicted octanol–water partition coefficient (Wildman–Crippen LogP) is 4.08. The van der Waals surface area contributed by atoms with E-state index in [4.69, 9.17) is 23.2 Å². The Kier molecular flexibility index (Phi) is 5.76. The van der Waals surface area contributed by atoms with Crippen molar-refractivity contribution >= 4 is 40.1 Å². The van der Waals surface area contributed by atoms with Gasteiger partial charge in [-0.15, -0.1) is 0 Å². The van der Waals surface area contributed by atoms with Crippen molar-refractivity contribution in [2.45, 2.75) is 25.8 Å². The molecule has 8 heteroatoms. The summed E-state index contributed by atoms with van der Waals surface area (Å²) in [5.74, 6) is 0.825. The van der Waals surface area contributed by atoms with Crippen molar-refractivity contribution in [3.8, 4) is 0 Å². The highest BCUT2D eigenvalue weighted by atomic mass is 35.5. The number of piperidine rings is 1. The smallest absolute Gasteiger partial charge is 0.163 e. The SMILES string of the molecule is Clc1ccc(Cn2ncc3c(NCCN4CCCCC4)ncnc32)c(Cl)c1. The monoisotopic (exact) mass is 404 g/mol. The number of anilines is 1. The van der Waals surface area contributed by atoms with E-state index in [9.17, 15) is 0 Å². The Hall–Kier alpha value is -1.89. The number of fused-ring (bicyclic) bond motifs is 1. The summed E-state index contributed by atoms with van der Waals surface area (Å²) in [6.45, 7) is 4.81. The first kappa shape index (κ1) is 18.5. The standard InChI is InChI=1S/C19H22Cl2N6/c20-15-5-4-14(17(21)10-15)12-27-19-16(11-25-27)18(23-13-24-19)22-6-9-26-7-2-1-3-8-26/h4-5,10-11,13H,1-3,6-9,12H2,(H,22,23,24). The Balaban J connectivity index is 1.47. The topological polar surface area (TPSA) is 58.9 Å². The van der Waals surface area contributed by atoms with Gasteiger partial charge in [0.15, 0.2) is 5.65 Å². The van der Waals surface area contributed by atoms with E-state index in [2.05, 4.69) is 25.3 Å². The minimum atomic E-state index is 0.531. The van der Waals surface area contributed by atoms with Gasteiger partial charge in [-0.2, -0.15) is 5.10 Å². The van der Waals surface area contributed by atoms with Gasteiger partial charge >= 0.3 is 0 Å². The van der Waals surface area contributed by atoms with E-state index in [-0.39, 0.29) is 0 Å². The number of aromatic nitrogens is 4. The molecule has 0 saturated carbocycles. The lowest BCUT2D eigenvalue weighted by atomic mass is 10.1. The van der Waals surface area contributed by atoms with Crippen molar-refractivity contribution in [2.24, 2.45) is 0 Å². The predicted molar refractivity (Wildman–Crippen MR) is 110 cm³/mol. The normalized spacial score (nSPS) is 15.3. The lowest BCUT2D eigenvalue weighted by Gasteiger charge is -2.26. The lowest BCUT2D eigenvalue weighted by Crippen LogP contribution is -2.33. The second-order valence-corrected chi connectivity index (χ2v) is 7.67. The zero-order valence-electron chi connectivity index (χ0n) is 15.0. The van der Waals surface area contributed by atoms with Crippen molar-refractivity contribution in [1.82, 2.24) is 24.6 Å². The molecule has 27 heavy (non-hydrogen) atoms. The molecule has 0 radical (unpaired) electrons. The molecule has 1 saturated heterocycles. The van der Waals surface area contributed by atoms with Gasteiger partial charge in [-0.1, -0.05) is 35.7 Å². The van der Waals surface area contributed by atoms with Crippen LogP contribution in [0.4, 0.5) is 5.82 Å². The summed E-state index contributed by atoms with van der Waals surface area (Å²) < 4.78 is 1.84. The van der Waals surface area contributed by atoms with E-state index in [1.807, 2.05) is 23.0 Å². The highest BCUT2D eigenvalue weighted by molar-refractivity contribution is 6.35. The first-order chi connectivity index (χ1) is 13.2. The number of hydrogen-bond acceptors (Lipinski definition) is 5. The maximum absolute atomic E-state index is 6.30. The molecular formula is C19H22Cl2N6. The molecule has 2 aromatic heterocycles. The Morgan fingerprint density at radius 1 is 1.07 bits per heavy atom. The van der Waals surface area contributed by atoms with Gasteiger partial charge in [0, 0.05) is 23.1 Å². The van der Waals surface area contributed by atoms with Crippen molar-refractivity contribution in [3.63, 3.8) is 0 Å². The molecule has 0 aliphatic carbocycles. The molecule has 0 unspecified atom stereocenters. The molecule has 1 aliphatic rings. The summed E-state index contributed by atoms with van der Waals surface area (Å²) >= 11 is 12.3. The average Bonchev–Trinajstić information content (AvgIpc) is 3.09. The molecule has 0 spiro atoms. The maximum Gasteiger partial charge on any atom is 0.163 e. The molecule has 1 N–H and O–H groups in total. The van der Waals surface area contributed by atoms with Gasteiger partial charge in [-0.05, 0) is 43.6 Å². The number of rotatable bonds is 6. The Morgan fingerprint density at radius 2 is 1.93 bits per heavy atom. The lowest BCUT2D eigenvalue weighted by molar-refractivity contribution is 0.237. The fourth-order valence-electron chi connectivity index (χ4n) is 3.48. The van der Waals surface area contributed by atoms with Gasteiger partial charge in [0.1, 0.15) is 12.1 Å². The minimum Gasteiger partial charge on any atom is -0.368 e. The molecule has 0 bridgehead atoms. The molecule has 0 amide bonds. The van der Waals surface area contributed by atoms with Crippen LogP contribution in [0.1, 0.15) is 24.8 Å². The van der Waals surface area contributed by atoms with Crippen molar-refractivity contribution < 1.29 is 0 Å². The van der Waals surface area contributed by atoms with Crippen LogP contribution in [-0.2, 0) is 6.54 Å². The van der Waals surface area contributed by atoms with Crippen LogP contribution in [0.2, 0.25) is 10.0 Å². The van der Waals surface area contributed by atoms with Gasteiger partial charge in [-0.25, -0.2) is 14.6 Å². The zero-order chi connectivity index (χ0) is 18.6. The summed E-state index contributed by atoms with van der Waals surface area (Å²) in [5.41, 5.74) is 1.74. The Bertz CT molecular complexity index is 920. The van der Waals surface area contributed by atoms with E-state index in [1.165, 1.54) is 32.4 Å². The second kappa shape index (κ2) is 8.42. The summed E-state index contributed by atoms with van der Waals surface area (Å²) in [5, 5.41) is 10.1. The van der Waals surface area contributed by atoms with Crippen LogP contribution in [0.15, 0.2) is 30.7 Å². The van der Waals surface area contributed by atoms with Gasteiger partial charge < -0.3 is 10.2 Å². The van der Waals surface area contributed by atoms with Crippen LogP contribution in [0.3, 0.4) is 0 Å². The fourth-order valence-corrected chi connectivity index (χ4v) is 3.94. The van der Waals surface area contributed by atoms with E-state index in [1.54, 1.807) is 12.4 Å². The Labute approximate surface area is 168 Å². The van der Waals surface area contributed by atoms with Gasteiger partial charge in [-0.3, -0.25) is 0 Å². The third-order valence-corrected chi connectivity index (χ3v) is 5.52. The molecule has 142 valence electrons. The van der Waals surface area contributed by atoms with Crippen LogP contribution < -0.4 is 5.32 Å². The summed E-state index contributed by atoms with van der Waals surface area (Å²) in [6, 6.07) is 5.49. The first-order valence-electron chi connectivity index (χ1n) is 9.27. The number of nitrogens with zero attached hydrogens (tertiary/aromatic N) is 5. The second-order valence-electron chi connectivity index (χ2n) is 6.83. The van der Waals surface area contributed by atoms with Crippen LogP contribution in [0.25, 0.3) is 11.0 Å². The third-order valence-electron chi connectivity index (χ3n) is 4.94. The average molecular weight is 405 g/mol. The minimum absolute atomic E-state index is 0.531. The van der Waals surface area contributed by atoms with Crippen molar-refractivity contribution in [2.75, 3.05) is 31.5 Å². The first-order valence-corrected chi connectivity index (χ1v) is 10.0. The molecule has 4 rings (SSSR count). The van der Waals surface area contributed by atoms with Crippen LogP contribution >= 0.6 is 23.2 Å². The number of halogens is 2. The number of nitrogens with one attached hydrogen (secondary N) is 1. The summed E-state index contributed by atoms with van der Waals surface area (Å²) in [4.78, 5) is 11.3. The highest BCUT2D eigenvalue weighted by Gasteiger charge is 2.13. The van der Waals surface area contributed by atoms with E-state index in [0.29, 0.717) is 16.6 Å². The van der Waals surface area contributed by atoms with E-state index in [0.717, 1.165) is 35.5 Å². The maximum atomic E-state index is 6.30. The van der Waals surface area contributed by atoms with Crippen molar-refractivity contribution in [3.05, 3.63) is 46.3 Å². The van der Waals surface area contributed by atoms with Crippen molar-refractivity contribution in [1.29, 1.82) is 0 Å². The molecular weight excluding hydrogens is 383 g/mol. The summed E-state index contributed by atoms with van der Waals surface area (Å²) in [6.07, 6.45) is 7.35. The molecule has 1 aliphatic heterocycles. The number of likely N-dealkylation sites (tertiary alicyclic amines) is 1. The summed E-state index contributed by atoms with van der Waals surface area (Å²) in [7, 11) is 0. The zero-order valence-corrected chi connectivity index (χ0v) is 16.5. The molecule has 6 nitrogen and oxygen atoms in total. The Morgan fingerprint density at radius 3 is 2.74 bits per heavy atom. The fraction of sp³-hybridized carbons (Fsp3) is 0.421. The molecule has 3 aromatic rings. The highest BCUT2D eigenvalue weighted by Crippen LogP contribution is 2.24.